The van der Waals surface area contributed by atoms with Gasteiger partial charge in [-0.05, 0) is 24.3 Å². The Hall–Kier alpha value is -2.34. The fraction of sp³-hybridized carbons (Fsp3) is 0.688. The van der Waals surface area contributed by atoms with Gasteiger partial charge in [-0.1, -0.05) is 13.8 Å². The van der Waals surface area contributed by atoms with Crippen molar-refractivity contribution in [2.24, 2.45) is 11.7 Å². The van der Waals surface area contributed by atoms with E-state index in [1.807, 2.05) is 11.6 Å². The highest BCUT2D eigenvalue weighted by molar-refractivity contribution is 7.98. The molecule has 0 radical (unpaired) electrons. The first kappa shape index (κ1) is 25.7. The summed E-state index contributed by atoms with van der Waals surface area (Å²) in [5.41, 5.74) is 5.77. The normalized spacial score (nSPS) is 13.9. The lowest BCUT2D eigenvalue weighted by atomic mass is 10.0. The highest BCUT2D eigenvalue weighted by atomic mass is 32.2. The highest BCUT2D eigenvalue weighted by Crippen LogP contribution is 2.05. The first-order chi connectivity index (χ1) is 13.0. The van der Waals surface area contributed by atoms with E-state index in [1.54, 1.807) is 13.8 Å². The number of hydrogen-bond acceptors (Lipinski definition) is 7. The minimum atomic E-state index is -1.49. The number of carboxylic acids is 2. The number of rotatable bonds is 13. The van der Waals surface area contributed by atoms with Gasteiger partial charge in [-0.3, -0.25) is 24.0 Å². The van der Waals surface area contributed by atoms with Crippen LogP contribution in [0.4, 0.5) is 0 Å². The van der Waals surface area contributed by atoms with Crippen LogP contribution in [0, 0.1) is 5.92 Å². The molecular formula is C16H28N4O7S. The summed E-state index contributed by atoms with van der Waals surface area (Å²) in [6.45, 7) is 2.77. The summed E-state index contributed by atoms with van der Waals surface area (Å²) in [6, 6.07) is -3.34. The molecule has 0 spiro atoms. The number of carbonyl (C=O) groups excluding carboxylic acids is 3. The molecular weight excluding hydrogens is 392 g/mol. The van der Waals surface area contributed by atoms with E-state index in [4.69, 9.17) is 15.9 Å². The summed E-state index contributed by atoms with van der Waals surface area (Å²) in [5.74, 6) is -4.57. The second-order valence-electron chi connectivity index (χ2n) is 6.38. The third-order valence-corrected chi connectivity index (χ3v) is 4.33. The van der Waals surface area contributed by atoms with Gasteiger partial charge in [0.15, 0.2) is 0 Å². The molecule has 0 aromatic carbocycles. The number of nitrogens with two attached hydrogens (primary N) is 1. The Morgan fingerprint density at radius 2 is 1.50 bits per heavy atom. The van der Waals surface area contributed by atoms with E-state index >= 15 is 0 Å². The molecule has 0 heterocycles. The van der Waals surface area contributed by atoms with Crippen LogP contribution < -0.4 is 21.7 Å². The Morgan fingerprint density at radius 1 is 0.929 bits per heavy atom. The number of carboxylic acid groups (broad SMARTS) is 2. The van der Waals surface area contributed by atoms with Gasteiger partial charge in [-0.25, -0.2) is 0 Å². The van der Waals surface area contributed by atoms with Gasteiger partial charge in [-0.2, -0.15) is 11.8 Å². The number of nitrogens with one attached hydrogen (secondary N) is 3. The van der Waals surface area contributed by atoms with Crippen molar-refractivity contribution in [3.8, 4) is 0 Å². The first-order valence-corrected chi connectivity index (χ1v) is 9.95. The smallest absolute Gasteiger partial charge is 0.322 e. The predicted molar refractivity (Wildman–Crippen MR) is 103 cm³/mol. The lowest BCUT2D eigenvalue weighted by Gasteiger charge is -2.24. The number of hydrogen-bond donors (Lipinski definition) is 6. The second-order valence-corrected chi connectivity index (χ2v) is 7.37. The van der Waals surface area contributed by atoms with Crippen molar-refractivity contribution in [2.75, 3.05) is 18.6 Å². The van der Waals surface area contributed by atoms with Crippen LogP contribution in [0.15, 0.2) is 0 Å². The number of thioether (sulfide) groups is 1. The maximum atomic E-state index is 12.5. The zero-order valence-corrected chi connectivity index (χ0v) is 16.9. The monoisotopic (exact) mass is 420 g/mol. The minimum Gasteiger partial charge on any atom is -0.481 e. The van der Waals surface area contributed by atoms with E-state index in [9.17, 15) is 24.0 Å². The average molecular weight is 420 g/mol. The summed E-state index contributed by atoms with van der Waals surface area (Å²) >= 11 is 1.44. The molecule has 11 nitrogen and oxygen atoms in total. The second kappa shape index (κ2) is 12.9. The molecule has 3 amide bonds. The quantitative estimate of drug-likeness (QED) is 0.203. The van der Waals surface area contributed by atoms with Crippen LogP contribution in [0.1, 0.15) is 26.7 Å². The summed E-state index contributed by atoms with van der Waals surface area (Å²) in [6.07, 6.45) is 1.30. The fourth-order valence-corrected chi connectivity index (χ4v) is 2.49. The summed E-state index contributed by atoms with van der Waals surface area (Å²) < 4.78 is 0. The molecule has 0 rings (SSSR count). The molecule has 7 N–H and O–H groups in total. The summed E-state index contributed by atoms with van der Waals surface area (Å²) in [4.78, 5) is 58.3. The van der Waals surface area contributed by atoms with Gasteiger partial charge in [-0.15, -0.1) is 0 Å². The van der Waals surface area contributed by atoms with Crippen LogP contribution in [0.2, 0.25) is 0 Å². The Bertz CT molecular complexity index is 585. The standard InChI is InChI=1S/C16H28N4O7S/c1-8(2)13(17)16(27)19-9(4-5-28-3)15(26)20-10(6-11(21)22)14(25)18-7-12(23)24/h8-10,13H,4-7,17H2,1-3H3,(H,18,25)(H,19,27)(H,20,26)(H,21,22)(H,23,24). The van der Waals surface area contributed by atoms with Crippen LogP contribution in [0.25, 0.3) is 0 Å². The molecule has 0 aromatic rings. The Kier molecular flexibility index (Phi) is 11.9. The van der Waals surface area contributed by atoms with E-state index in [1.165, 1.54) is 11.8 Å². The number of aliphatic carboxylic acids is 2. The van der Waals surface area contributed by atoms with Crippen LogP contribution in [0.5, 0.6) is 0 Å². The lowest BCUT2D eigenvalue weighted by Crippen LogP contribution is -2.57. The van der Waals surface area contributed by atoms with Crippen molar-refractivity contribution in [1.82, 2.24) is 16.0 Å². The van der Waals surface area contributed by atoms with Gasteiger partial charge in [0.25, 0.3) is 0 Å². The molecule has 0 fully saturated rings. The van der Waals surface area contributed by atoms with Crippen molar-refractivity contribution >= 4 is 41.4 Å². The molecule has 0 aromatic heterocycles. The van der Waals surface area contributed by atoms with E-state index in [2.05, 4.69) is 10.6 Å². The van der Waals surface area contributed by atoms with Crippen LogP contribution >= 0.6 is 11.8 Å². The van der Waals surface area contributed by atoms with Gasteiger partial charge in [0.05, 0.1) is 12.5 Å². The Morgan fingerprint density at radius 3 is 1.96 bits per heavy atom. The van der Waals surface area contributed by atoms with E-state index in [0.717, 1.165) is 0 Å². The van der Waals surface area contributed by atoms with E-state index < -0.39 is 60.8 Å². The third kappa shape index (κ3) is 10.1. The zero-order valence-electron chi connectivity index (χ0n) is 16.1. The predicted octanol–water partition coefficient (Wildman–Crippen LogP) is -1.63. The highest BCUT2D eigenvalue weighted by Gasteiger charge is 2.29. The molecule has 0 aliphatic rings. The van der Waals surface area contributed by atoms with Gasteiger partial charge < -0.3 is 31.9 Å². The third-order valence-electron chi connectivity index (χ3n) is 3.69. The fourth-order valence-electron chi connectivity index (χ4n) is 2.02. The maximum Gasteiger partial charge on any atom is 0.322 e. The van der Waals surface area contributed by atoms with E-state index in [0.29, 0.717) is 5.75 Å². The van der Waals surface area contributed by atoms with Crippen molar-refractivity contribution in [2.45, 2.75) is 44.8 Å². The summed E-state index contributed by atoms with van der Waals surface area (Å²) in [7, 11) is 0. The van der Waals surface area contributed by atoms with Crippen molar-refractivity contribution in [3.05, 3.63) is 0 Å². The maximum absolute atomic E-state index is 12.5. The van der Waals surface area contributed by atoms with Crippen LogP contribution in [-0.4, -0.2) is 76.6 Å². The van der Waals surface area contributed by atoms with Crippen LogP contribution in [0.3, 0.4) is 0 Å². The minimum absolute atomic E-state index is 0.161. The SMILES string of the molecule is CSCCC(NC(=O)C(N)C(C)C)C(=O)NC(CC(=O)O)C(=O)NCC(=O)O. The molecule has 0 aliphatic heterocycles. The summed E-state index contributed by atoms with van der Waals surface area (Å²) in [5, 5.41) is 24.4. The van der Waals surface area contributed by atoms with Gasteiger partial charge in [0, 0.05) is 0 Å². The van der Waals surface area contributed by atoms with Crippen LogP contribution in [-0.2, 0) is 24.0 Å². The number of carbonyl (C=O) groups is 5. The lowest BCUT2D eigenvalue weighted by molar-refractivity contribution is -0.141. The Balaban J connectivity index is 5.22. The molecule has 28 heavy (non-hydrogen) atoms. The molecule has 0 bridgehead atoms. The van der Waals surface area contributed by atoms with Gasteiger partial charge >= 0.3 is 11.9 Å². The van der Waals surface area contributed by atoms with Crippen molar-refractivity contribution < 1.29 is 34.2 Å². The number of amides is 3. The van der Waals surface area contributed by atoms with Gasteiger partial charge in [0.2, 0.25) is 17.7 Å². The van der Waals surface area contributed by atoms with Crippen molar-refractivity contribution in [1.29, 1.82) is 0 Å². The molecule has 0 aliphatic carbocycles. The molecule has 0 saturated carbocycles. The molecule has 3 atom stereocenters. The Labute approximate surface area is 167 Å². The molecule has 3 unspecified atom stereocenters. The van der Waals surface area contributed by atoms with Crippen molar-refractivity contribution in [3.63, 3.8) is 0 Å². The molecule has 160 valence electrons. The average Bonchev–Trinajstić information content (AvgIpc) is 2.60. The van der Waals surface area contributed by atoms with Gasteiger partial charge in [0.1, 0.15) is 18.6 Å². The molecule has 12 heteroatoms. The topological polar surface area (TPSA) is 188 Å². The molecule has 0 saturated heterocycles. The van der Waals surface area contributed by atoms with E-state index in [-0.39, 0.29) is 12.3 Å². The first-order valence-electron chi connectivity index (χ1n) is 8.56. The largest absolute Gasteiger partial charge is 0.481 e. The zero-order chi connectivity index (χ0) is 21.9.